The zero-order valence-electron chi connectivity index (χ0n) is 9.53. The topological polar surface area (TPSA) is 9.23 Å². The molecule has 1 aliphatic heterocycles. The first kappa shape index (κ1) is 9.46. The lowest BCUT2D eigenvalue weighted by Crippen LogP contribution is -2.29. The van der Waals surface area contributed by atoms with Crippen LogP contribution in [0.1, 0.15) is 19.4 Å². The van der Waals surface area contributed by atoms with Crippen LogP contribution in [0, 0.1) is 0 Å². The summed E-state index contributed by atoms with van der Waals surface area (Å²) in [6.45, 7) is 4.23. The van der Waals surface area contributed by atoms with Crippen LogP contribution in [0.25, 0.3) is 11.1 Å². The van der Waals surface area contributed by atoms with Gasteiger partial charge in [0.2, 0.25) is 0 Å². The smallest absolute Gasteiger partial charge is 0.129 e. The first-order valence-electron chi connectivity index (χ1n) is 5.56. The molecule has 1 heterocycles. The van der Waals surface area contributed by atoms with E-state index in [1.807, 2.05) is 12.1 Å². The van der Waals surface area contributed by atoms with Crippen molar-refractivity contribution < 1.29 is 4.74 Å². The maximum absolute atomic E-state index is 6.05. The van der Waals surface area contributed by atoms with E-state index in [2.05, 4.69) is 50.2 Å². The molecule has 2 aromatic rings. The van der Waals surface area contributed by atoms with Crippen molar-refractivity contribution in [2.75, 3.05) is 0 Å². The summed E-state index contributed by atoms with van der Waals surface area (Å²) in [4.78, 5) is 0. The van der Waals surface area contributed by atoms with Crippen LogP contribution in [0.15, 0.2) is 48.5 Å². The van der Waals surface area contributed by atoms with Crippen LogP contribution in [0.2, 0.25) is 0 Å². The van der Waals surface area contributed by atoms with Crippen LogP contribution < -0.4 is 4.74 Å². The van der Waals surface area contributed by atoms with E-state index in [1.54, 1.807) is 0 Å². The van der Waals surface area contributed by atoms with Crippen molar-refractivity contribution in [2.24, 2.45) is 0 Å². The molecule has 2 aromatic carbocycles. The van der Waals surface area contributed by atoms with Gasteiger partial charge in [-0.25, -0.2) is 0 Å². The first-order valence-corrected chi connectivity index (χ1v) is 5.56. The van der Waals surface area contributed by atoms with Gasteiger partial charge in [-0.2, -0.15) is 0 Å². The largest absolute Gasteiger partial charge is 0.482 e. The molecule has 80 valence electrons. The lowest BCUT2D eigenvalue weighted by atomic mass is 9.86. The highest BCUT2D eigenvalue weighted by Gasteiger charge is 2.31. The lowest BCUT2D eigenvalue weighted by molar-refractivity contribution is 0.106. The fourth-order valence-electron chi connectivity index (χ4n) is 2.35. The van der Waals surface area contributed by atoms with Crippen molar-refractivity contribution in [3.05, 3.63) is 54.1 Å². The minimum Gasteiger partial charge on any atom is -0.482 e. The van der Waals surface area contributed by atoms with E-state index in [0.717, 1.165) is 5.75 Å². The summed E-state index contributed by atoms with van der Waals surface area (Å²) in [6.07, 6.45) is 0. The molecule has 3 rings (SSSR count). The van der Waals surface area contributed by atoms with Crippen LogP contribution in [0.4, 0.5) is 0 Å². The van der Waals surface area contributed by atoms with Crippen molar-refractivity contribution in [1.29, 1.82) is 0 Å². The maximum atomic E-state index is 6.05. The molecule has 0 amide bonds. The Morgan fingerprint density at radius 2 is 1.44 bits per heavy atom. The Morgan fingerprint density at radius 3 is 2.25 bits per heavy atom. The van der Waals surface area contributed by atoms with E-state index in [0.29, 0.717) is 0 Å². The van der Waals surface area contributed by atoms with Crippen LogP contribution in [0.5, 0.6) is 5.75 Å². The number of fused-ring (bicyclic) bond motifs is 3. The molecule has 1 heteroatoms. The fourth-order valence-corrected chi connectivity index (χ4v) is 2.35. The van der Waals surface area contributed by atoms with E-state index >= 15 is 0 Å². The van der Waals surface area contributed by atoms with Gasteiger partial charge in [0.15, 0.2) is 0 Å². The minimum atomic E-state index is -0.245. The molecule has 0 saturated heterocycles. The van der Waals surface area contributed by atoms with Gasteiger partial charge in [-0.15, -0.1) is 0 Å². The summed E-state index contributed by atoms with van der Waals surface area (Å²) in [5, 5.41) is 0. The Hall–Kier alpha value is -1.76. The second-order valence-electron chi connectivity index (χ2n) is 4.65. The van der Waals surface area contributed by atoms with E-state index in [1.165, 1.54) is 16.7 Å². The quantitative estimate of drug-likeness (QED) is 0.639. The van der Waals surface area contributed by atoms with Gasteiger partial charge in [0.25, 0.3) is 0 Å². The van der Waals surface area contributed by atoms with E-state index < -0.39 is 0 Å². The number of hydrogen-bond donors (Lipinski definition) is 0. The third-order valence-corrected chi connectivity index (χ3v) is 3.12. The molecule has 1 nitrogen and oxygen atoms in total. The monoisotopic (exact) mass is 210 g/mol. The number of rotatable bonds is 0. The molecule has 0 atom stereocenters. The first-order chi connectivity index (χ1) is 7.68. The summed E-state index contributed by atoms with van der Waals surface area (Å²) < 4.78 is 6.05. The molecule has 0 spiro atoms. The molecule has 0 radical (unpaired) electrons. The van der Waals surface area contributed by atoms with Gasteiger partial charge in [-0.1, -0.05) is 42.5 Å². The van der Waals surface area contributed by atoms with Crippen LogP contribution in [-0.4, -0.2) is 0 Å². The van der Waals surface area contributed by atoms with Crippen molar-refractivity contribution >= 4 is 0 Å². The normalized spacial score (nSPS) is 15.9. The zero-order valence-corrected chi connectivity index (χ0v) is 9.53. The van der Waals surface area contributed by atoms with Crippen LogP contribution in [-0.2, 0) is 5.60 Å². The summed E-state index contributed by atoms with van der Waals surface area (Å²) in [5.41, 5.74) is 3.49. The number of para-hydroxylation sites is 1. The Kier molecular flexibility index (Phi) is 1.84. The summed E-state index contributed by atoms with van der Waals surface area (Å²) in [5.74, 6) is 0.978. The minimum absolute atomic E-state index is 0.245. The summed E-state index contributed by atoms with van der Waals surface area (Å²) in [6, 6.07) is 16.7. The second-order valence-corrected chi connectivity index (χ2v) is 4.65. The molecule has 1 aliphatic rings. The molecule has 0 aliphatic carbocycles. The van der Waals surface area contributed by atoms with Gasteiger partial charge in [0, 0.05) is 11.1 Å². The van der Waals surface area contributed by atoms with Gasteiger partial charge in [-0.05, 0) is 25.5 Å². The summed E-state index contributed by atoms with van der Waals surface area (Å²) in [7, 11) is 0. The molecular weight excluding hydrogens is 196 g/mol. The molecular formula is C15H14O. The maximum Gasteiger partial charge on any atom is 0.129 e. The highest BCUT2D eigenvalue weighted by atomic mass is 16.5. The van der Waals surface area contributed by atoms with Crippen LogP contribution in [0.3, 0.4) is 0 Å². The molecule has 0 fully saturated rings. The molecule has 16 heavy (non-hydrogen) atoms. The van der Waals surface area contributed by atoms with Gasteiger partial charge in [0.1, 0.15) is 11.4 Å². The fraction of sp³-hybridized carbons (Fsp3) is 0.200. The van der Waals surface area contributed by atoms with Gasteiger partial charge in [-0.3, -0.25) is 0 Å². The number of benzene rings is 2. The van der Waals surface area contributed by atoms with Crippen molar-refractivity contribution in [3.63, 3.8) is 0 Å². The predicted octanol–water partition coefficient (Wildman–Crippen LogP) is 3.98. The number of ether oxygens (including phenoxy) is 1. The van der Waals surface area contributed by atoms with E-state index in [9.17, 15) is 0 Å². The molecule has 0 bridgehead atoms. The standard InChI is InChI=1S/C15H14O/c1-15(2)13-9-5-3-7-11(13)12-8-4-6-10-14(12)16-15/h3-10H,1-2H3. The van der Waals surface area contributed by atoms with Gasteiger partial charge in [0.05, 0.1) is 0 Å². The van der Waals surface area contributed by atoms with Crippen molar-refractivity contribution in [3.8, 4) is 16.9 Å². The highest BCUT2D eigenvalue weighted by molar-refractivity contribution is 5.76. The number of hydrogen-bond acceptors (Lipinski definition) is 1. The third-order valence-electron chi connectivity index (χ3n) is 3.12. The Labute approximate surface area is 95.7 Å². The van der Waals surface area contributed by atoms with Gasteiger partial charge < -0.3 is 4.74 Å². The average molecular weight is 210 g/mol. The second kappa shape index (κ2) is 3.11. The Morgan fingerprint density at radius 1 is 0.812 bits per heavy atom. The third kappa shape index (κ3) is 1.25. The van der Waals surface area contributed by atoms with E-state index in [4.69, 9.17) is 4.74 Å². The van der Waals surface area contributed by atoms with Crippen molar-refractivity contribution in [1.82, 2.24) is 0 Å². The predicted molar refractivity (Wildman–Crippen MR) is 65.5 cm³/mol. The van der Waals surface area contributed by atoms with Gasteiger partial charge >= 0.3 is 0 Å². The highest BCUT2D eigenvalue weighted by Crippen LogP contribution is 2.44. The van der Waals surface area contributed by atoms with E-state index in [-0.39, 0.29) is 5.60 Å². The molecule has 0 unspecified atom stereocenters. The Balaban J connectivity index is 2.33. The van der Waals surface area contributed by atoms with Crippen LogP contribution >= 0.6 is 0 Å². The zero-order chi connectivity index (χ0) is 11.2. The molecule has 0 saturated carbocycles. The Bertz CT molecular complexity index is 541. The average Bonchev–Trinajstić information content (AvgIpc) is 2.29. The SMILES string of the molecule is CC1(C)Oc2ccccc2-c2ccccc21. The van der Waals surface area contributed by atoms with Crippen molar-refractivity contribution in [2.45, 2.75) is 19.4 Å². The molecule has 0 N–H and O–H groups in total. The molecule has 0 aromatic heterocycles. The lowest BCUT2D eigenvalue weighted by Gasteiger charge is -2.34. The summed E-state index contributed by atoms with van der Waals surface area (Å²) >= 11 is 0.